The number of hydrogen-bond donors (Lipinski definition) is 0. The zero-order valence-corrected chi connectivity index (χ0v) is 6.39. The van der Waals surface area contributed by atoms with Gasteiger partial charge in [-0.2, -0.15) is 10.2 Å². The summed E-state index contributed by atoms with van der Waals surface area (Å²) >= 11 is 5.82. The average molecular weight is 155 g/mol. The van der Waals surface area contributed by atoms with E-state index in [1.54, 1.807) is 12.3 Å². The zero-order valence-electron chi connectivity index (χ0n) is 5.63. The van der Waals surface area contributed by atoms with Gasteiger partial charge in [-0.25, -0.2) is 0 Å². The zero-order chi connectivity index (χ0) is 7.56. The minimum absolute atomic E-state index is 0.630. The number of aryl methyl sites for hydroxylation is 1. The van der Waals surface area contributed by atoms with Gasteiger partial charge in [0.2, 0.25) is 0 Å². The van der Waals surface area contributed by atoms with Crippen LogP contribution in [0.3, 0.4) is 0 Å². The summed E-state index contributed by atoms with van der Waals surface area (Å²) in [5.41, 5.74) is 1.56. The lowest BCUT2D eigenvalue weighted by atomic mass is 10.3. The highest BCUT2D eigenvalue weighted by Gasteiger charge is 1.99. The lowest BCUT2D eigenvalue weighted by Gasteiger charge is -1.97. The monoisotopic (exact) mass is 154 g/mol. The van der Waals surface area contributed by atoms with Crippen molar-refractivity contribution < 1.29 is 0 Å². The van der Waals surface area contributed by atoms with E-state index in [2.05, 4.69) is 16.8 Å². The Morgan fingerprint density at radius 1 is 1.70 bits per heavy atom. The van der Waals surface area contributed by atoms with Gasteiger partial charge in [-0.3, -0.25) is 0 Å². The first-order chi connectivity index (χ1) is 4.75. The van der Waals surface area contributed by atoms with Crippen LogP contribution in [0, 0.1) is 6.92 Å². The van der Waals surface area contributed by atoms with Gasteiger partial charge in [0.15, 0.2) is 0 Å². The van der Waals surface area contributed by atoms with Gasteiger partial charge >= 0.3 is 0 Å². The summed E-state index contributed by atoms with van der Waals surface area (Å²) in [5.74, 6) is 0. The predicted octanol–water partition coefficient (Wildman–Crippen LogP) is 2.08. The van der Waals surface area contributed by atoms with Crippen LogP contribution in [0.25, 0.3) is 6.08 Å². The van der Waals surface area contributed by atoms with Crippen LogP contribution in [-0.2, 0) is 0 Å². The third-order valence-electron chi connectivity index (χ3n) is 1.20. The van der Waals surface area contributed by atoms with E-state index in [1.807, 2.05) is 6.92 Å². The Kier molecular flexibility index (Phi) is 2.02. The molecule has 0 fully saturated rings. The topological polar surface area (TPSA) is 25.8 Å². The molecule has 0 amide bonds. The Labute approximate surface area is 64.5 Å². The molecule has 1 aromatic heterocycles. The summed E-state index contributed by atoms with van der Waals surface area (Å²) in [4.78, 5) is 0. The summed E-state index contributed by atoms with van der Waals surface area (Å²) in [6.07, 6.45) is 3.24. The predicted molar refractivity (Wildman–Crippen MR) is 41.9 cm³/mol. The first-order valence-electron chi connectivity index (χ1n) is 2.86. The lowest BCUT2D eigenvalue weighted by molar-refractivity contribution is 0.977. The number of hydrogen-bond acceptors (Lipinski definition) is 2. The molecule has 2 nitrogen and oxygen atoms in total. The van der Waals surface area contributed by atoms with E-state index in [0.29, 0.717) is 5.02 Å². The Bertz CT molecular complexity index is 258. The molecular formula is C7H7ClN2. The lowest BCUT2D eigenvalue weighted by Crippen LogP contribution is -1.88. The van der Waals surface area contributed by atoms with E-state index in [4.69, 9.17) is 11.6 Å². The molecule has 0 bridgehead atoms. The van der Waals surface area contributed by atoms with Crippen molar-refractivity contribution in [2.45, 2.75) is 6.92 Å². The molecule has 0 spiro atoms. The van der Waals surface area contributed by atoms with E-state index in [0.717, 1.165) is 11.3 Å². The third kappa shape index (κ3) is 1.16. The van der Waals surface area contributed by atoms with Gasteiger partial charge in [0, 0.05) is 5.56 Å². The molecule has 1 aromatic rings. The van der Waals surface area contributed by atoms with Crippen LogP contribution in [-0.4, -0.2) is 10.2 Å². The SMILES string of the molecule is C=Cc1cnnc(C)c1Cl. The van der Waals surface area contributed by atoms with Crippen molar-refractivity contribution in [2.24, 2.45) is 0 Å². The van der Waals surface area contributed by atoms with Gasteiger partial charge in [0.05, 0.1) is 16.9 Å². The van der Waals surface area contributed by atoms with Crippen LogP contribution < -0.4 is 0 Å². The Balaban J connectivity index is 3.27. The molecule has 0 unspecified atom stereocenters. The average Bonchev–Trinajstić information content (AvgIpc) is 1.95. The van der Waals surface area contributed by atoms with Gasteiger partial charge in [-0.05, 0) is 6.92 Å². The maximum Gasteiger partial charge on any atom is 0.0792 e. The number of halogens is 1. The smallest absolute Gasteiger partial charge is 0.0792 e. The molecular weight excluding hydrogens is 148 g/mol. The van der Waals surface area contributed by atoms with Crippen molar-refractivity contribution in [1.82, 2.24) is 10.2 Å². The van der Waals surface area contributed by atoms with Gasteiger partial charge in [-0.15, -0.1) is 0 Å². The van der Waals surface area contributed by atoms with E-state index in [-0.39, 0.29) is 0 Å². The van der Waals surface area contributed by atoms with Crippen LogP contribution in [0.2, 0.25) is 5.02 Å². The van der Waals surface area contributed by atoms with Gasteiger partial charge in [0.25, 0.3) is 0 Å². The van der Waals surface area contributed by atoms with Gasteiger partial charge in [-0.1, -0.05) is 24.3 Å². The van der Waals surface area contributed by atoms with Crippen molar-refractivity contribution in [1.29, 1.82) is 0 Å². The van der Waals surface area contributed by atoms with Crippen molar-refractivity contribution >= 4 is 17.7 Å². The minimum atomic E-state index is 0.630. The van der Waals surface area contributed by atoms with Gasteiger partial charge < -0.3 is 0 Å². The fourth-order valence-electron chi connectivity index (χ4n) is 0.629. The summed E-state index contributed by atoms with van der Waals surface area (Å²) in [6, 6.07) is 0. The van der Waals surface area contributed by atoms with Crippen molar-refractivity contribution in [3.8, 4) is 0 Å². The van der Waals surface area contributed by atoms with Crippen molar-refractivity contribution in [2.75, 3.05) is 0 Å². The maximum atomic E-state index is 5.82. The molecule has 0 atom stereocenters. The third-order valence-corrected chi connectivity index (χ3v) is 1.69. The quantitative estimate of drug-likeness (QED) is 0.619. The molecule has 0 N–H and O–H groups in total. The Morgan fingerprint density at radius 2 is 2.40 bits per heavy atom. The molecule has 1 rings (SSSR count). The summed E-state index contributed by atoms with van der Waals surface area (Å²) < 4.78 is 0. The second-order valence-corrected chi connectivity index (χ2v) is 2.28. The second kappa shape index (κ2) is 2.80. The molecule has 3 heteroatoms. The molecule has 10 heavy (non-hydrogen) atoms. The minimum Gasteiger partial charge on any atom is -0.158 e. The normalized spacial score (nSPS) is 9.40. The van der Waals surface area contributed by atoms with Gasteiger partial charge in [0.1, 0.15) is 0 Å². The van der Waals surface area contributed by atoms with Crippen molar-refractivity contribution in [3.63, 3.8) is 0 Å². The second-order valence-electron chi connectivity index (χ2n) is 1.90. The molecule has 0 aliphatic rings. The van der Waals surface area contributed by atoms with Crippen molar-refractivity contribution in [3.05, 3.63) is 29.1 Å². The standard InChI is InChI=1S/C7H7ClN2/c1-3-6-4-9-10-5(2)7(6)8/h3-4H,1H2,2H3. The Morgan fingerprint density at radius 3 is 2.90 bits per heavy atom. The van der Waals surface area contributed by atoms with E-state index in [9.17, 15) is 0 Å². The first kappa shape index (κ1) is 7.22. The molecule has 0 radical (unpaired) electrons. The van der Waals surface area contributed by atoms with Crippen LogP contribution >= 0.6 is 11.6 Å². The molecule has 0 aliphatic heterocycles. The molecule has 0 saturated carbocycles. The highest BCUT2D eigenvalue weighted by Crippen LogP contribution is 2.17. The van der Waals surface area contributed by atoms with E-state index >= 15 is 0 Å². The fourth-order valence-corrected chi connectivity index (χ4v) is 0.793. The van der Waals surface area contributed by atoms with E-state index < -0.39 is 0 Å². The molecule has 0 aliphatic carbocycles. The van der Waals surface area contributed by atoms with Crippen LogP contribution in [0.5, 0.6) is 0 Å². The number of aromatic nitrogens is 2. The van der Waals surface area contributed by atoms with Crippen LogP contribution in [0.15, 0.2) is 12.8 Å². The summed E-state index contributed by atoms with van der Waals surface area (Å²) in [7, 11) is 0. The maximum absolute atomic E-state index is 5.82. The summed E-state index contributed by atoms with van der Waals surface area (Å²) in [6.45, 7) is 5.39. The highest BCUT2D eigenvalue weighted by molar-refractivity contribution is 6.32. The van der Waals surface area contributed by atoms with Crippen LogP contribution in [0.4, 0.5) is 0 Å². The number of nitrogens with zero attached hydrogens (tertiary/aromatic N) is 2. The van der Waals surface area contributed by atoms with E-state index in [1.165, 1.54) is 0 Å². The van der Waals surface area contributed by atoms with Crippen LogP contribution in [0.1, 0.15) is 11.3 Å². The molecule has 0 aromatic carbocycles. The molecule has 52 valence electrons. The fraction of sp³-hybridized carbons (Fsp3) is 0.143. The number of rotatable bonds is 1. The Hall–Kier alpha value is -0.890. The molecule has 0 saturated heterocycles. The summed E-state index contributed by atoms with van der Waals surface area (Å²) in [5, 5.41) is 8.10. The first-order valence-corrected chi connectivity index (χ1v) is 3.23. The highest BCUT2D eigenvalue weighted by atomic mass is 35.5. The molecule has 1 heterocycles. The largest absolute Gasteiger partial charge is 0.158 e.